The number of carbonyl (C=O) groups excluding carboxylic acids is 2. The molecule has 0 radical (unpaired) electrons. The zero-order valence-electron chi connectivity index (χ0n) is 14.2. The van der Waals surface area contributed by atoms with Crippen LogP contribution in [0.1, 0.15) is 11.7 Å². The van der Waals surface area contributed by atoms with Gasteiger partial charge in [0.25, 0.3) is 5.91 Å². The summed E-state index contributed by atoms with van der Waals surface area (Å²) in [6, 6.07) is 10.2. The maximum Gasteiger partial charge on any atom is 0.340 e. The van der Waals surface area contributed by atoms with Crippen molar-refractivity contribution >= 4 is 17.8 Å². The van der Waals surface area contributed by atoms with Crippen LogP contribution in [-0.4, -0.2) is 64.6 Å². The van der Waals surface area contributed by atoms with Gasteiger partial charge in [0.05, 0.1) is 0 Å². The first kappa shape index (κ1) is 17.8. The third-order valence-corrected chi connectivity index (χ3v) is 4.14. The van der Waals surface area contributed by atoms with Gasteiger partial charge in [-0.15, -0.1) is 0 Å². The highest BCUT2D eigenvalue weighted by Gasteiger charge is 2.25. The van der Waals surface area contributed by atoms with Gasteiger partial charge >= 0.3 is 5.97 Å². The number of aliphatic hydroxyl groups excluding tert-OH is 1. The van der Waals surface area contributed by atoms with E-state index in [4.69, 9.17) is 4.74 Å². The molecule has 2 heterocycles. The summed E-state index contributed by atoms with van der Waals surface area (Å²) >= 11 is 0. The number of ether oxygens (including phenoxy) is 1. The van der Waals surface area contributed by atoms with Crippen molar-refractivity contribution in [1.29, 1.82) is 0 Å². The van der Waals surface area contributed by atoms with Gasteiger partial charge in [0.2, 0.25) is 5.95 Å². The Kier molecular flexibility index (Phi) is 5.75. The summed E-state index contributed by atoms with van der Waals surface area (Å²) in [5.41, 5.74) is 0.432. The molecule has 26 heavy (non-hydrogen) atoms. The first-order valence-corrected chi connectivity index (χ1v) is 8.34. The van der Waals surface area contributed by atoms with Gasteiger partial charge < -0.3 is 19.6 Å². The summed E-state index contributed by atoms with van der Waals surface area (Å²) in [5, 5.41) is 9.95. The van der Waals surface area contributed by atoms with Crippen molar-refractivity contribution in [2.75, 3.05) is 37.7 Å². The second-order valence-electron chi connectivity index (χ2n) is 5.84. The Labute approximate surface area is 151 Å². The minimum absolute atomic E-state index is 0.285. The molecule has 0 unspecified atom stereocenters. The van der Waals surface area contributed by atoms with Crippen molar-refractivity contribution in [2.24, 2.45) is 0 Å². The molecule has 1 aromatic heterocycles. The number of rotatable bonds is 5. The molecule has 1 fully saturated rings. The van der Waals surface area contributed by atoms with E-state index in [1.807, 2.05) is 4.90 Å². The maximum absolute atomic E-state index is 12.2. The Bertz CT molecular complexity index is 733. The van der Waals surface area contributed by atoms with Crippen LogP contribution in [0.2, 0.25) is 0 Å². The number of hydrogen-bond donors (Lipinski definition) is 1. The van der Waals surface area contributed by atoms with Crippen molar-refractivity contribution in [3.8, 4) is 0 Å². The number of benzene rings is 1. The molecule has 1 N–H and O–H groups in total. The van der Waals surface area contributed by atoms with Crippen LogP contribution in [-0.2, 0) is 14.3 Å². The molecule has 1 amide bonds. The lowest BCUT2D eigenvalue weighted by Crippen LogP contribution is -2.50. The first-order chi connectivity index (χ1) is 12.6. The van der Waals surface area contributed by atoms with E-state index in [9.17, 15) is 14.7 Å². The molecule has 1 aliphatic rings. The molecule has 1 aromatic carbocycles. The van der Waals surface area contributed by atoms with Gasteiger partial charge in [-0.1, -0.05) is 30.3 Å². The Morgan fingerprint density at radius 3 is 2.35 bits per heavy atom. The number of aliphatic hydroxyl groups is 1. The lowest BCUT2D eigenvalue weighted by Gasteiger charge is -2.34. The molecule has 1 saturated heterocycles. The average Bonchev–Trinajstić information content (AvgIpc) is 2.72. The van der Waals surface area contributed by atoms with Crippen LogP contribution in [0, 0.1) is 0 Å². The summed E-state index contributed by atoms with van der Waals surface area (Å²) in [5.74, 6) is -0.481. The third-order valence-electron chi connectivity index (χ3n) is 4.14. The monoisotopic (exact) mass is 356 g/mol. The van der Waals surface area contributed by atoms with Gasteiger partial charge in [-0.05, 0) is 11.6 Å². The van der Waals surface area contributed by atoms with Crippen LogP contribution in [0.3, 0.4) is 0 Å². The Hall–Kier alpha value is -3.00. The number of nitrogens with zero attached hydrogens (tertiary/aromatic N) is 4. The first-order valence-electron chi connectivity index (χ1n) is 8.34. The van der Waals surface area contributed by atoms with Crippen molar-refractivity contribution in [3.05, 3.63) is 54.4 Å². The van der Waals surface area contributed by atoms with Crippen LogP contribution in [0.4, 0.5) is 5.95 Å². The molecule has 8 nitrogen and oxygen atoms in total. The summed E-state index contributed by atoms with van der Waals surface area (Å²) in [7, 11) is 0. The van der Waals surface area contributed by atoms with E-state index in [0.717, 1.165) is 0 Å². The molecule has 1 atom stereocenters. The number of amides is 1. The molecular formula is C18H20N4O4. The Balaban J connectivity index is 1.45. The maximum atomic E-state index is 12.2. The molecule has 0 spiro atoms. The van der Waals surface area contributed by atoms with Gasteiger partial charge in [-0.3, -0.25) is 4.79 Å². The smallest absolute Gasteiger partial charge is 0.340 e. The molecule has 8 heteroatoms. The number of piperazine rings is 1. The largest absolute Gasteiger partial charge is 0.453 e. The normalized spacial score (nSPS) is 15.4. The number of carbonyl (C=O) groups is 2. The van der Waals surface area contributed by atoms with E-state index >= 15 is 0 Å². The van der Waals surface area contributed by atoms with Gasteiger partial charge in [0.15, 0.2) is 12.7 Å². The van der Waals surface area contributed by atoms with Crippen LogP contribution < -0.4 is 4.90 Å². The minimum Gasteiger partial charge on any atom is -0.453 e. The van der Waals surface area contributed by atoms with E-state index in [1.165, 1.54) is 0 Å². The fourth-order valence-electron chi connectivity index (χ4n) is 2.68. The predicted molar refractivity (Wildman–Crippen MR) is 93.2 cm³/mol. The molecule has 0 saturated carbocycles. The van der Waals surface area contributed by atoms with Crippen molar-refractivity contribution in [2.45, 2.75) is 6.10 Å². The fourth-order valence-corrected chi connectivity index (χ4v) is 2.68. The van der Waals surface area contributed by atoms with E-state index in [1.54, 1.807) is 53.7 Å². The standard InChI is InChI=1S/C18H20N4O4/c23-15(13-26-17(25)16(24)14-5-2-1-3-6-14)21-9-11-22(12-10-21)18-19-7-4-8-20-18/h1-8,16,24H,9-13H2/t16-/m1/s1. The molecule has 2 aromatic rings. The summed E-state index contributed by atoms with van der Waals surface area (Å²) < 4.78 is 4.97. The van der Waals surface area contributed by atoms with Crippen molar-refractivity contribution < 1.29 is 19.4 Å². The van der Waals surface area contributed by atoms with E-state index in [2.05, 4.69) is 9.97 Å². The summed E-state index contributed by atoms with van der Waals surface area (Å²) in [6.07, 6.45) is 1.96. The zero-order valence-corrected chi connectivity index (χ0v) is 14.2. The number of aromatic nitrogens is 2. The van der Waals surface area contributed by atoms with Gasteiger partial charge in [-0.25, -0.2) is 14.8 Å². The van der Waals surface area contributed by atoms with Crippen molar-refractivity contribution in [1.82, 2.24) is 14.9 Å². The summed E-state index contributed by atoms with van der Waals surface area (Å²) in [4.78, 5) is 36.1. The highest BCUT2D eigenvalue weighted by atomic mass is 16.5. The second-order valence-corrected chi connectivity index (χ2v) is 5.84. The zero-order chi connectivity index (χ0) is 18.4. The van der Waals surface area contributed by atoms with Crippen LogP contribution in [0.15, 0.2) is 48.8 Å². The van der Waals surface area contributed by atoms with Gasteiger partial charge in [-0.2, -0.15) is 0 Å². The molecule has 136 valence electrons. The van der Waals surface area contributed by atoms with Crippen LogP contribution in [0.5, 0.6) is 0 Å². The highest BCUT2D eigenvalue weighted by molar-refractivity contribution is 5.82. The van der Waals surface area contributed by atoms with Gasteiger partial charge in [0, 0.05) is 38.6 Å². The quantitative estimate of drug-likeness (QED) is 0.775. The molecule has 3 rings (SSSR count). The number of anilines is 1. The van der Waals surface area contributed by atoms with Crippen molar-refractivity contribution in [3.63, 3.8) is 0 Å². The Morgan fingerprint density at radius 2 is 1.69 bits per heavy atom. The minimum atomic E-state index is -1.39. The topological polar surface area (TPSA) is 95.9 Å². The SMILES string of the molecule is O=C(OCC(=O)N1CCN(c2ncccn2)CC1)[C@H](O)c1ccccc1. The Morgan fingerprint density at radius 1 is 1.04 bits per heavy atom. The third kappa shape index (κ3) is 4.34. The molecular weight excluding hydrogens is 336 g/mol. The summed E-state index contributed by atoms with van der Waals surface area (Å²) in [6.45, 7) is 1.82. The lowest BCUT2D eigenvalue weighted by atomic mass is 10.1. The van der Waals surface area contributed by atoms with Crippen LogP contribution >= 0.6 is 0 Å². The number of hydrogen-bond acceptors (Lipinski definition) is 7. The number of esters is 1. The average molecular weight is 356 g/mol. The fraction of sp³-hybridized carbons (Fsp3) is 0.333. The van der Waals surface area contributed by atoms with Crippen LogP contribution in [0.25, 0.3) is 0 Å². The van der Waals surface area contributed by atoms with E-state index in [0.29, 0.717) is 37.7 Å². The predicted octanol–water partition coefficient (Wildman–Crippen LogP) is 0.402. The lowest BCUT2D eigenvalue weighted by molar-refractivity contribution is -0.159. The highest BCUT2D eigenvalue weighted by Crippen LogP contribution is 2.14. The van der Waals surface area contributed by atoms with E-state index in [-0.39, 0.29) is 12.5 Å². The van der Waals surface area contributed by atoms with E-state index < -0.39 is 12.1 Å². The molecule has 0 aliphatic carbocycles. The van der Waals surface area contributed by atoms with Gasteiger partial charge in [0.1, 0.15) is 0 Å². The molecule has 1 aliphatic heterocycles. The molecule has 0 bridgehead atoms. The second kappa shape index (κ2) is 8.39.